The van der Waals surface area contributed by atoms with E-state index in [4.69, 9.17) is 17.4 Å². The number of thiophene rings is 1. The Labute approximate surface area is 124 Å². The van der Waals surface area contributed by atoms with Crippen LogP contribution in [0.15, 0.2) is 40.2 Å². The highest BCUT2D eigenvalue weighted by atomic mass is 79.9. The topological polar surface area (TPSA) is 38.0 Å². The van der Waals surface area contributed by atoms with Gasteiger partial charge in [0.05, 0.1) is 0 Å². The van der Waals surface area contributed by atoms with Gasteiger partial charge in [-0.2, -0.15) is 0 Å². The minimum absolute atomic E-state index is 0.0668. The summed E-state index contributed by atoms with van der Waals surface area (Å²) in [6.45, 7) is 0. The van der Waals surface area contributed by atoms with E-state index < -0.39 is 0 Å². The van der Waals surface area contributed by atoms with Crippen LogP contribution < -0.4 is 11.3 Å². The van der Waals surface area contributed by atoms with E-state index in [2.05, 4.69) is 38.9 Å². The molecule has 0 aliphatic heterocycles. The summed E-state index contributed by atoms with van der Waals surface area (Å²) in [6.07, 6.45) is 1.92. The molecule has 0 saturated carbocycles. The molecule has 2 nitrogen and oxygen atoms in total. The van der Waals surface area contributed by atoms with Crippen LogP contribution >= 0.6 is 38.9 Å². The summed E-state index contributed by atoms with van der Waals surface area (Å²) in [6, 6.07) is 10.1. The van der Waals surface area contributed by atoms with Gasteiger partial charge in [-0.1, -0.05) is 33.6 Å². The van der Waals surface area contributed by atoms with Crippen LogP contribution in [-0.4, -0.2) is 0 Å². The monoisotopic (exact) mass is 344 g/mol. The van der Waals surface area contributed by atoms with Crippen molar-refractivity contribution in [1.29, 1.82) is 0 Å². The summed E-state index contributed by atoms with van der Waals surface area (Å²) in [5.41, 5.74) is 3.88. The molecule has 1 aromatic carbocycles. The molecule has 0 aliphatic rings. The van der Waals surface area contributed by atoms with Crippen molar-refractivity contribution in [3.8, 4) is 0 Å². The summed E-state index contributed by atoms with van der Waals surface area (Å²) >= 11 is 11.4. The second-order valence-corrected chi connectivity index (χ2v) is 6.36. The molecule has 0 spiro atoms. The summed E-state index contributed by atoms with van der Waals surface area (Å²) in [5, 5.41) is 2.83. The van der Waals surface area contributed by atoms with Crippen LogP contribution in [0.25, 0.3) is 0 Å². The number of aryl methyl sites for hydroxylation is 1. The van der Waals surface area contributed by atoms with Crippen molar-refractivity contribution in [2.45, 2.75) is 18.9 Å². The van der Waals surface area contributed by atoms with Crippen molar-refractivity contribution in [2.75, 3.05) is 0 Å². The quantitative estimate of drug-likeness (QED) is 0.626. The molecule has 1 aromatic heterocycles. The van der Waals surface area contributed by atoms with Crippen molar-refractivity contribution in [2.24, 2.45) is 5.84 Å². The van der Waals surface area contributed by atoms with E-state index in [0.29, 0.717) is 0 Å². The minimum Gasteiger partial charge on any atom is -0.271 e. The van der Waals surface area contributed by atoms with Crippen LogP contribution in [-0.2, 0) is 6.42 Å². The van der Waals surface area contributed by atoms with E-state index in [0.717, 1.165) is 27.9 Å². The van der Waals surface area contributed by atoms with Gasteiger partial charge in [-0.05, 0) is 48.1 Å². The lowest BCUT2D eigenvalue weighted by atomic mass is 10.0. The third-order valence-electron chi connectivity index (χ3n) is 2.79. The summed E-state index contributed by atoms with van der Waals surface area (Å²) < 4.78 is 1.01. The Morgan fingerprint density at radius 2 is 2.22 bits per heavy atom. The minimum atomic E-state index is 0.0668. The zero-order valence-corrected chi connectivity index (χ0v) is 12.9. The van der Waals surface area contributed by atoms with Gasteiger partial charge in [-0.15, -0.1) is 11.3 Å². The van der Waals surface area contributed by atoms with Crippen molar-refractivity contribution in [3.05, 3.63) is 55.6 Å². The number of benzene rings is 1. The lowest BCUT2D eigenvalue weighted by molar-refractivity contribution is 0.518. The molecule has 0 amide bonds. The zero-order chi connectivity index (χ0) is 13.0. The highest BCUT2D eigenvalue weighted by molar-refractivity contribution is 9.10. The first kappa shape index (κ1) is 14.0. The number of hydrogen-bond donors (Lipinski definition) is 2. The molecule has 96 valence electrons. The van der Waals surface area contributed by atoms with E-state index in [1.54, 1.807) is 11.3 Å². The molecule has 2 aromatic rings. The third-order valence-corrected chi connectivity index (χ3v) is 4.57. The molecule has 3 N–H and O–H groups in total. The highest BCUT2D eigenvalue weighted by Gasteiger charge is 2.14. The average molecular weight is 346 g/mol. The Bertz CT molecular complexity index is 502. The fourth-order valence-corrected chi connectivity index (χ4v) is 3.20. The molecular formula is C13H14BrClN2S. The third kappa shape index (κ3) is 3.56. The Morgan fingerprint density at radius 1 is 1.39 bits per heavy atom. The van der Waals surface area contributed by atoms with Gasteiger partial charge in [-0.25, -0.2) is 0 Å². The Balaban J connectivity index is 2.10. The SMILES string of the molecule is NNC(CCc1cccs1)c1cc(Br)ccc1Cl. The molecule has 1 heterocycles. The maximum absolute atomic E-state index is 6.22. The Kier molecular flexibility index (Phi) is 5.21. The molecule has 5 heteroatoms. The molecule has 0 bridgehead atoms. The van der Waals surface area contributed by atoms with Crippen LogP contribution in [0.5, 0.6) is 0 Å². The predicted octanol–water partition coefficient (Wildman–Crippen LogP) is 4.30. The maximum atomic E-state index is 6.22. The summed E-state index contributed by atoms with van der Waals surface area (Å²) in [5.74, 6) is 5.64. The summed E-state index contributed by atoms with van der Waals surface area (Å²) in [7, 11) is 0. The number of nitrogens with one attached hydrogen (secondary N) is 1. The first-order valence-electron chi connectivity index (χ1n) is 5.64. The number of hydrazine groups is 1. The second-order valence-electron chi connectivity index (χ2n) is 4.00. The van der Waals surface area contributed by atoms with E-state index in [9.17, 15) is 0 Å². The fourth-order valence-electron chi connectivity index (χ4n) is 1.85. The fraction of sp³-hybridized carbons (Fsp3) is 0.231. The molecule has 1 unspecified atom stereocenters. The number of nitrogens with two attached hydrogens (primary N) is 1. The standard InChI is InChI=1S/C13H14BrClN2S/c14-9-3-5-12(15)11(8-9)13(17-16)6-4-10-2-1-7-18-10/h1-3,5,7-8,13,17H,4,6,16H2. The second kappa shape index (κ2) is 6.68. The van der Waals surface area contributed by atoms with Crippen LogP contribution in [0.3, 0.4) is 0 Å². The van der Waals surface area contributed by atoms with E-state index >= 15 is 0 Å². The first-order valence-corrected chi connectivity index (χ1v) is 7.69. The molecule has 1 atom stereocenters. The van der Waals surface area contributed by atoms with E-state index in [-0.39, 0.29) is 6.04 Å². The number of rotatable bonds is 5. The molecule has 0 radical (unpaired) electrons. The molecule has 2 rings (SSSR count). The van der Waals surface area contributed by atoms with Gasteiger partial charge < -0.3 is 0 Å². The lowest BCUT2D eigenvalue weighted by Gasteiger charge is -2.17. The number of hydrogen-bond acceptors (Lipinski definition) is 3. The normalized spacial score (nSPS) is 12.6. The lowest BCUT2D eigenvalue weighted by Crippen LogP contribution is -2.28. The summed E-state index contributed by atoms with van der Waals surface area (Å²) in [4.78, 5) is 1.36. The molecular weight excluding hydrogens is 332 g/mol. The first-order chi connectivity index (χ1) is 8.70. The Morgan fingerprint density at radius 3 is 2.89 bits per heavy atom. The van der Waals surface area contributed by atoms with Gasteiger partial charge in [0, 0.05) is 20.4 Å². The van der Waals surface area contributed by atoms with Crippen molar-refractivity contribution < 1.29 is 0 Å². The van der Waals surface area contributed by atoms with Crippen LogP contribution in [0.4, 0.5) is 0 Å². The zero-order valence-electron chi connectivity index (χ0n) is 9.70. The largest absolute Gasteiger partial charge is 0.271 e. The Hall–Kier alpha value is -0.390. The predicted molar refractivity (Wildman–Crippen MR) is 81.9 cm³/mol. The van der Waals surface area contributed by atoms with E-state index in [1.165, 1.54) is 4.88 Å². The van der Waals surface area contributed by atoms with Gasteiger partial charge >= 0.3 is 0 Å². The van der Waals surface area contributed by atoms with Gasteiger partial charge in [-0.3, -0.25) is 11.3 Å². The van der Waals surface area contributed by atoms with Gasteiger partial charge in [0.1, 0.15) is 0 Å². The molecule has 18 heavy (non-hydrogen) atoms. The van der Waals surface area contributed by atoms with Crippen molar-refractivity contribution >= 4 is 38.9 Å². The van der Waals surface area contributed by atoms with Crippen molar-refractivity contribution in [1.82, 2.24) is 5.43 Å². The van der Waals surface area contributed by atoms with Crippen LogP contribution in [0.2, 0.25) is 5.02 Å². The van der Waals surface area contributed by atoms with Gasteiger partial charge in [0.25, 0.3) is 0 Å². The van der Waals surface area contributed by atoms with Crippen LogP contribution in [0, 0.1) is 0 Å². The molecule has 0 fully saturated rings. The highest BCUT2D eigenvalue weighted by Crippen LogP contribution is 2.29. The van der Waals surface area contributed by atoms with Gasteiger partial charge in [0.15, 0.2) is 0 Å². The smallest absolute Gasteiger partial charge is 0.0478 e. The number of halogens is 2. The average Bonchev–Trinajstić information content (AvgIpc) is 2.87. The maximum Gasteiger partial charge on any atom is 0.0478 e. The van der Waals surface area contributed by atoms with Crippen LogP contribution in [0.1, 0.15) is 22.9 Å². The van der Waals surface area contributed by atoms with E-state index in [1.807, 2.05) is 18.2 Å². The van der Waals surface area contributed by atoms with Gasteiger partial charge in [0.2, 0.25) is 0 Å². The molecule has 0 aliphatic carbocycles. The molecule has 0 saturated heterocycles. The van der Waals surface area contributed by atoms with Crippen molar-refractivity contribution in [3.63, 3.8) is 0 Å².